The maximum atomic E-state index is 12.5. The Morgan fingerprint density at radius 2 is 2.15 bits per heavy atom. The summed E-state index contributed by atoms with van der Waals surface area (Å²) in [5.74, 6) is 0.0895. The van der Waals surface area contributed by atoms with Gasteiger partial charge in [0.05, 0.1) is 6.10 Å². The van der Waals surface area contributed by atoms with E-state index in [1.165, 1.54) is 11.1 Å². The average Bonchev–Trinajstić information content (AvgIpc) is 2.94. The van der Waals surface area contributed by atoms with E-state index in [1.807, 2.05) is 24.0 Å². The molecule has 1 aliphatic heterocycles. The van der Waals surface area contributed by atoms with Crippen LogP contribution in [0.15, 0.2) is 24.3 Å². The molecule has 1 saturated heterocycles. The van der Waals surface area contributed by atoms with E-state index in [9.17, 15) is 4.79 Å². The number of carbonyl (C=O) groups is 1. The molecule has 110 valence electrons. The monoisotopic (exact) mass is 276 g/mol. The van der Waals surface area contributed by atoms with Crippen LogP contribution in [-0.4, -0.2) is 36.1 Å². The van der Waals surface area contributed by atoms with Crippen LogP contribution >= 0.6 is 0 Å². The number of nitrogens with zero attached hydrogens (tertiary/aromatic N) is 1. The molecule has 0 saturated carbocycles. The lowest BCUT2D eigenvalue weighted by Crippen LogP contribution is -2.39. The van der Waals surface area contributed by atoms with Gasteiger partial charge >= 0.3 is 0 Å². The Morgan fingerprint density at radius 3 is 2.75 bits per heavy atom. The summed E-state index contributed by atoms with van der Waals surface area (Å²) in [6.45, 7) is 5.92. The topological polar surface area (TPSA) is 55.6 Å². The van der Waals surface area contributed by atoms with Crippen LogP contribution in [0.3, 0.4) is 0 Å². The zero-order valence-corrected chi connectivity index (χ0v) is 12.3. The summed E-state index contributed by atoms with van der Waals surface area (Å²) < 4.78 is 5.71. The lowest BCUT2D eigenvalue weighted by Gasteiger charge is -2.25. The van der Waals surface area contributed by atoms with E-state index in [0.717, 1.165) is 12.8 Å². The predicted octanol–water partition coefficient (Wildman–Crippen LogP) is 1.85. The van der Waals surface area contributed by atoms with Crippen molar-refractivity contribution in [3.8, 4) is 0 Å². The van der Waals surface area contributed by atoms with E-state index in [-0.39, 0.29) is 18.1 Å². The second kappa shape index (κ2) is 6.86. The molecule has 2 atom stereocenters. The molecule has 0 aliphatic carbocycles. The molecule has 1 aliphatic rings. The van der Waals surface area contributed by atoms with Gasteiger partial charge < -0.3 is 15.4 Å². The summed E-state index contributed by atoms with van der Waals surface area (Å²) in [5.41, 5.74) is 8.00. The second-order valence-electron chi connectivity index (χ2n) is 5.34. The zero-order valence-electron chi connectivity index (χ0n) is 12.3. The van der Waals surface area contributed by atoms with Crippen LogP contribution in [0.1, 0.15) is 30.9 Å². The predicted molar refractivity (Wildman–Crippen MR) is 79.2 cm³/mol. The number of nitrogens with two attached hydrogens (primary N) is 1. The average molecular weight is 276 g/mol. The standard InChI is InChI=1S/C16H24N2O2/c1-3-18(11-13-7-5-4-6-12(13)2)16(19)15-9-8-14(10-17)20-15/h4-7,14-15H,3,8-11,17H2,1-2H3/t14-,15+/m1/s1. The third kappa shape index (κ3) is 3.38. The Kier molecular flexibility index (Phi) is 5.15. The highest BCUT2D eigenvalue weighted by molar-refractivity contribution is 5.81. The molecule has 2 rings (SSSR count). The third-order valence-electron chi connectivity index (χ3n) is 3.96. The number of ether oxygens (including phenoxy) is 1. The van der Waals surface area contributed by atoms with Gasteiger partial charge in [-0.05, 0) is 37.8 Å². The fraction of sp³-hybridized carbons (Fsp3) is 0.562. The minimum absolute atomic E-state index is 0.0427. The van der Waals surface area contributed by atoms with Crippen LogP contribution in [0.25, 0.3) is 0 Å². The molecule has 1 amide bonds. The first-order chi connectivity index (χ1) is 9.65. The SMILES string of the molecule is CCN(Cc1ccccc1C)C(=O)[C@@H]1CC[C@H](CN)O1. The van der Waals surface area contributed by atoms with Gasteiger partial charge in [0.1, 0.15) is 6.10 Å². The maximum absolute atomic E-state index is 12.5. The lowest BCUT2D eigenvalue weighted by atomic mass is 10.1. The minimum atomic E-state index is -0.312. The number of benzene rings is 1. The Labute approximate surface area is 120 Å². The van der Waals surface area contributed by atoms with E-state index >= 15 is 0 Å². The molecule has 1 aromatic rings. The van der Waals surface area contributed by atoms with Crippen LogP contribution in [0.5, 0.6) is 0 Å². The summed E-state index contributed by atoms with van der Waals surface area (Å²) in [5, 5.41) is 0. The Balaban J connectivity index is 2.01. The quantitative estimate of drug-likeness (QED) is 0.893. The van der Waals surface area contributed by atoms with Gasteiger partial charge in [0, 0.05) is 19.6 Å². The van der Waals surface area contributed by atoms with Crippen LogP contribution in [-0.2, 0) is 16.1 Å². The maximum Gasteiger partial charge on any atom is 0.252 e. The molecule has 4 nitrogen and oxygen atoms in total. The van der Waals surface area contributed by atoms with Crippen molar-refractivity contribution < 1.29 is 9.53 Å². The first kappa shape index (κ1) is 15.0. The number of carbonyl (C=O) groups excluding carboxylic acids is 1. The molecule has 1 aromatic carbocycles. The Hall–Kier alpha value is -1.39. The smallest absolute Gasteiger partial charge is 0.252 e. The van der Waals surface area contributed by atoms with E-state index in [0.29, 0.717) is 19.6 Å². The van der Waals surface area contributed by atoms with Crippen LogP contribution in [0, 0.1) is 6.92 Å². The molecule has 2 N–H and O–H groups in total. The molecule has 1 heterocycles. The number of hydrogen-bond donors (Lipinski definition) is 1. The first-order valence-corrected chi connectivity index (χ1v) is 7.34. The van der Waals surface area contributed by atoms with Gasteiger partial charge in [-0.25, -0.2) is 0 Å². The van der Waals surface area contributed by atoms with Crippen molar-refractivity contribution in [3.05, 3.63) is 35.4 Å². The normalized spacial score (nSPS) is 21.9. The van der Waals surface area contributed by atoms with Crippen molar-refractivity contribution >= 4 is 5.91 Å². The van der Waals surface area contributed by atoms with Crippen molar-refractivity contribution in [2.45, 2.75) is 45.4 Å². The highest BCUT2D eigenvalue weighted by atomic mass is 16.5. The third-order valence-corrected chi connectivity index (χ3v) is 3.96. The Bertz CT molecular complexity index is 462. The van der Waals surface area contributed by atoms with Gasteiger partial charge in [-0.1, -0.05) is 24.3 Å². The van der Waals surface area contributed by atoms with Gasteiger partial charge in [0.2, 0.25) is 0 Å². The molecule has 0 bridgehead atoms. The second-order valence-corrected chi connectivity index (χ2v) is 5.34. The van der Waals surface area contributed by atoms with Gasteiger partial charge in [-0.2, -0.15) is 0 Å². The molecular weight excluding hydrogens is 252 g/mol. The fourth-order valence-corrected chi connectivity index (χ4v) is 2.60. The van der Waals surface area contributed by atoms with Crippen molar-refractivity contribution in [2.75, 3.05) is 13.1 Å². The van der Waals surface area contributed by atoms with Crippen molar-refractivity contribution in [1.82, 2.24) is 4.90 Å². The molecule has 0 aromatic heterocycles. The van der Waals surface area contributed by atoms with Crippen LogP contribution < -0.4 is 5.73 Å². The number of amides is 1. The van der Waals surface area contributed by atoms with E-state index < -0.39 is 0 Å². The summed E-state index contributed by atoms with van der Waals surface area (Å²) >= 11 is 0. The van der Waals surface area contributed by atoms with Crippen molar-refractivity contribution in [3.63, 3.8) is 0 Å². The molecule has 1 fully saturated rings. The number of rotatable bonds is 5. The number of hydrogen-bond acceptors (Lipinski definition) is 3. The first-order valence-electron chi connectivity index (χ1n) is 7.34. The van der Waals surface area contributed by atoms with Gasteiger partial charge in [0.15, 0.2) is 0 Å². The minimum Gasteiger partial charge on any atom is -0.364 e. The highest BCUT2D eigenvalue weighted by Gasteiger charge is 2.32. The van der Waals surface area contributed by atoms with Crippen LogP contribution in [0.2, 0.25) is 0 Å². The molecule has 20 heavy (non-hydrogen) atoms. The van der Waals surface area contributed by atoms with Gasteiger partial charge in [-0.3, -0.25) is 4.79 Å². The van der Waals surface area contributed by atoms with Crippen molar-refractivity contribution in [1.29, 1.82) is 0 Å². The Morgan fingerprint density at radius 1 is 1.40 bits per heavy atom. The molecule has 0 radical (unpaired) electrons. The summed E-state index contributed by atoms with van der Waals surface area (Å²) in [4.78, 5) is 14.4. The van der Waals surface area contributed by atoms with E-state index in [2.05, 4.69) is 19.1 Å². The van der Waals surface area contributed by atoms with E-state index in [1.54, 1.807) is 0 Å². The summed E-state index contributed by atoms with van der Waals surface area (Å²) in [7, 11) is 0. The molecule has 0 unspecified atom stereocenters. The molecular formula is C16H24N2O2. The zero-order chi connectivity index (χ0) is 14.5. The molecule has 4 heteroatoms. The summed E-state index contributed by atoms with van der Waals surface area (Å²) in [6.07, 6.45) is 1.40. The van der Waals surface area contributed by atoms with Crippen molar-refractivity contribution in [2.24, 2.45) is 5.73 Å². The van der Waals surface area contributed by atoms with E-state index in [4.69, 9.17) is 10.5 Å². The summed E-state index contributed by atoms with van der Waals surface area (Å²) in [6, 6.07) is 8.17. The lowest BCUT2D eigenvalue weighted by molar-refractivity contribution is -0.143. The largest absolute Gasteiger partial charge is 0.364 e. The van der Waals surface area contributed by atoms with Gasteiger partial charge in [0.25, 0.3) is 5.91 Å². The number of likely N-dealkylation sites (N-methyl/N-ethyl adjacent to an activating group) is 1. The van der Waals surface area contributed by atoms with Gasteiger partial charge in [-0.15, -0.1) is 0 Å². The molecule has 0 spiro atoms. The fourth-order valence-electron chi connectivity index (χ4n) is 2.60. The van der Waals surface area contributed by atoms with Crippen LogP contribution in [0.4, 0.5) is 0 Å². The highest BCUT2D eigenvalue weighted by Crippen LogP contribution is 2.22. The number of aryl methyl sites for hydroxylation is 1.